The molecule has 2 aromatic rings. The first-order valence-corrected chi connectivity index (χ1v) is 7.93. The van der Waals surface area contributed by atoms with Gasteiger partial charge in [0.2, 0.25) is 0 Å². The van der Waals surface area contributed by atoms with Crippen molar-refractivity contribution in [1.29, 1.82) is 0 Å². The maximum atomic E-state index is 5.90. The van der Waals surface area contributed by atoms with Crippen LogP contribution >= 0.6 is 12.2 Å². The number of hydrogen-bond acceptors (Lipinski definition) is 3. The molecule has 0 N–H and O–H groups in total. The summed E-state index contributed by atoms with van der Waals surface area (Å²) in [5, 5.41) is 1.12. The van der Waals surface area contributed by atoms with Gasteiger partial charge in [-0.3, -0.25) is 0 Å². The maximum absolute atomic E-state index is 5.90. The van der Waals surface area contributed by atoms with Crippen molar-refractivity contribution in [3.05, 3.63) is 35.0 Å². The number of hydrogen-bond donors (Lipinski definition) is 0. The number of para-hydroxylation sites is 1. The lowest BCUT2D eigenvalue weighted by molar-refractivity contribution is 0.172. The van der Waals surface area contributed by atoms with Gasteiger partial charge in [-0.1, -0.05) is 37.7 Å². The van der Waals surface area contributed by atoms with Crippen molar-refractivity contribution in [2.75, 3.05) is 20.3 Å². The van der Waals surface area contributed by atoms with Crippen LogP contribution in [-0.4, -0.2) is 24.9 Å². The molecule has 2 rings (SSSR count). The summed E-state index contributed by atoms with van der Waals surface area (Å²) >= 11 is 5.54. The van der Waals surface area contributed by atoms with Crippen LogP contribution < -0.4 is 4.74 Å². The Kier molecular flexibility index (Phi) is 6.21. The molecule has 3 nitrogen and oxygen atoms in total. The van der Waals surface area contributed by atoms with Crippen molar-refractivity contribution in [1.82, 2.24) is 4.57 Å². The van der Waals surface area contributed by atoms with E-state index in [1.54, 1.807) is 7.11 Å². The fourth-order valence-corrected chi connectivity index (χ4v) is 2.65. The molecule has 21 heavy (non-hydrogen) atoms. The predicted molar refractivity (Wildman–Crippen MR) is 89.7 cm³/mol. The molecule has 0 bridgehead atoms. The third-order valence-corrected chi connectivity index (χ3v) is 3.80. The standard InChI is InChI=1S/C17H23NO2S/c1-3-4-10-18-15-9-6-5-8-14(15)16(13-17(18)21)20-12-7-11-19-2/h5-6,8-9,13H,3-4,7,10-12H2,1-2H3. The van der Waals surface area contributed by atoms with E-state index < -0.39 is 0 Å². The number of aromatic nitrogens is 1. The van der Waals surface area contributed by atoms with E-state index >= 15 is 0 Å². The monoisotopic (exact) mass is 305 g/mol. The average Bonchev–Trinajstić information content (AvgIpc) is 2.51. The van der Waals surface area contributed by atoms with Gasteiger partial charge >= 0.3 is 0 Å². The van der Waals surface area contributed by atoms with Gasteiger partial charge in [0.25, 0.3) is 0 Å². The molecule has 4 heteroatoms. The summed E-state index contributed by atoms with van der Waals surface area (Å²) in [4.78, 5) is 0. The number of methoxy groups -OCH3 is 1. The van der Waals surface area contributed by atoms with Gasteiger partial charge in [0.05, 0.1) is 12.1 Å². The highest BCUT2D eigenvalue weighted by Crippen LogP contribution is 2.27. The van der Waals surface area contributed by atoms with Crippen LogP contribution in [0.5, 0.6) is 5.75 Å². The molecule has 0 amide bonds. The lowest BCUT2D eigenvalue weighted by Crippen LogP contribution is -2.06. The normalized spacial score (nSPS) is 11.0. The second-order valence-corrected chi connectivity index (χ2v) is 5.48. The van der Waals surface area contributed by atoms with Crippen LogP contribution in [0.15, 0.2) is 30.3 Å². The van der Waals surface area contributed by atoms with Crippen LogP contribution in [-0.2, 0) is 11.3 Å². The van der Waals surface area contributed by atoms with Crippen molar-refractivity contribution < 1.29 is 9.47 Å². The van der Waals surface area contributed by atoms with Gasteiger partial charge in [0.1, 0.15) is 10.4 Å². The van der Waals surface area contributed by atoms with Gasteiger partial charge in [-0.15, -0.1) is 0 Å². The van der Waals surface area contributed by atoms with Gasteiger partial charge in [0.15, 0.2) is 0 Å². The second kappa shape index (κ2) is 8.15. The number of unbranched alkanes of at least 4 members (excludes halogenated alkanes) is 1. The summed E-state index contributed by atoms with van der Waals surface area (Å²) in [7, 11) is 1.70. The minimum absolute atomic E-state index is 0.644. The zero-order valence-corrected chi connectivity index (χ0v) is 13.6. The largest absolute Gasteiger partial charge is 0.493 e. The number of pyridine rings is 1. The van der Waals surface area contributed by atoms with Crippen LogP contribution in [0.2, 0.25) is 0 Å². The van der Waals surface area contributed by atoms with E-state index in [0.29, 0.717) is 13.2 Å². The van der Waals surface area contributed by atoms with Crippen molar-refractivity contribution in [2.45, 2.75) is 32.7 Å². The summed E-state index contributed by atoms with van der Waals surface area (Å²) in [6, 6.07) is 10.3. The minimum atomic E-state index is 0.644. The predicted octanol–water partition coefficient (Wildman–Crippen LogP) is 4.59. The van der Waals surface area contributed by atoms with Gasteiger partial charge in [0, 0.05) is 38.1 Å². The molecule has 1 aromatic carbocycles. The molecule has 0 unspecified atom stereocenters. The van der Waals surface area contributed by atoms with Crippen LogP contribution in [0, 0.1) is 4.64 Å². The highest BCUT2D eigenvalue weighted by atomic mass is 32.1. The molecule has 0 saturated heterocycles. The number of ether oxygens (including phenoxy) is 2. The lowest BCUT2D eigenvalue weighted by Gasteiger charge is -2.15. The zero-order chi connectivity index (χ0) is 15.1. The molecule has 0 spiro atoms. The molecule has 0 aliphatic heterocycles. The van der Waals surface area contributed by atoms with E-state index in [0.717, 1.165) is 47.1 Å². The fraction of sp³-hybridized carbons (Fsp3) is 0.471. The third-order valence-electron chi connectivity index (χ3n) is 3.47. The Labute approximate surface area is 131 Å². The van der Waals surface area contributed by atoms with Crippen LogP contribution in [0.4, 0.5) is 0 Å². The first-order chi connectivity index (χ1) is 10.3. The molecule has 0 atom stereocenters. The molecule has 1 aromatic heterocycles. The van der Waals surface area contributed by atoms with E-state index in [9.17, 15) is 0 Å². The van der Waals surface area contributed by atoms with E-state index in [4.69, 9.17) is 21.7 Å². The van der Waals surface area contributed by atoms with E-state index in [1.807, 2.05) is 18.2 Å². The summed E-state index contributed by atoms with van der Waals surface area (Å²) in [6.07, 6.45) is 3.17. The van der Waals surface area contributed by atoms with Crippen molar-refractivity contribution in [3.63, 3.8) is 0 Å². The number of benzene rings is 1. The molecular formula is C17H23NO2S. The number of nitrogens with zero attached hydrogens (tertiary/aromatic N) is 1. The Balaban J connectivity index is 2.32. The Morgan fingerprint density at radius 3 is 2.71 bits per heavy atom. The van der Waals surface area contributed by atoms with Gasteiger partial charge in [-0.2, -0.15) is 0 Å². The minimum Gasteiger partial charge on any atom is -0.493 e. The quantitative estimate of drug-likeness (QED) is 0.526. The molecule has 1 heterocycles. The SMILES string of the molecule is CCCCn1c(=S)cc(OCCCOC)c2ccccc21. The van der Waals surface area contributed by atoms with E-state index in [-0.39, 0.29) is 0 Å². The molecule has 0 aliphatic rings. The number of fused-ring (bicyclic) bond motifs is 1. The van der Waals surface area contributed by atoms with Crippen LogP contribution in [0.3, 0.4) is 0 Å². The maximum Gasteiger partial charge on any atom is 0.131 e. The van der Waals surface area contributed by atoms with E-state index in [1.165, 1.54) is 0 Å². The average molecular weight is 305 g/mol. The van der Waals surface area contributed by atoms with E-state index in [2.05, 4.69) is 23.6 Å². The molecule has 114 valence electrons. The Morgan fingerprint density at radius 2 is 1.95 bits per heavy atom. The topological polar surface area (TPSA) is 23.4 Å². The van der Waals surface area contributed by atoms with Crippen LogP contribution in [0.1, 0.15) is 26.2 Å². The Morgan fingerprint density at radius 1 is 1.14 bits per heavy atom. The number of rotatable bonds is 8. The van der Waals surface area contributed by atoms with Gasteiger partial charge < -0.3 is 14.0 Å². The molecule has 0 saturated carbocycles. The third kappa shape index (κ3) is 4.05. The summed E-state index contributed by atoms with van der Waals surface area (Å²) in [5.41, 5.74) is 1.15. The first kappa shape index (κ1) is 16.0. The van der Waals surface area contributed by atoms with Crippen molar-refractivity contribution in [3.8, 4) is 5.75 Å². The zero-order valence-electron chi connectivity index (χ0n) is 12.8. The molecule has 0 fully saturated rings. The smallest absolute Gasteiger partial charge is 0.131 e. The summed E-state index contributed by atoms with van der Waals surface area (Å²) in [6.45, 7) is 4.51. The second-order valence-electron chi connectivity index (χ2n) is 5.06. The van der Waals surface area contributed by atoms with Crippen molar-refractivity contribution in [2.24, 2.45) is 0 Å². The highest BCUT2D eigenvalue weighted by molar-refractivity contribution is 7.71. The Bertz CT molecular complexity index is 636. The fourth-order valence-electron chi connectivity index (χ4n) is 2.36. The van der Waals surface area contributed by atoms with Crippen molar-refractivity contribution >= 4 is 23.1 Å². The van der Waals surface area contributed by atoms with Crippen LogP contribution in [0.25, 0.3) is 10.9 Å². The summed E-state index contributed by atoms with van der Waals surface area (Å²) < 4.78 is 14.0. The molecule has 0 radical (unpaired) electrons. The molecular weight excluding hydrogens is 282 g/mol. The summed E-state index contributed by atoms with van der Waals surface area (Å²) in [5.74, 6) is 0.874. The first-order valence-electron chi connectivity index (χ1n) is 7.52. The Hall–Kier alpha value is -1.39. The lowest BCUT2D eigenvalue weighted by atomic mass is 10.2. The molecule has 0 aliphatic carbocycles. The van der Waals surface area contributed by atoms with Gasteiger partial charge in [-0.25, -0.2) is 0 Å². The highest BCUT2D eigenvalue weighted by Gasteiger charge is 2.07. The van der Waals surface area contributed by atoms with Gasteiger partial charge in [-0.05, 0) is 18.6 Å². The number of aryl methyl sites for hydroxylation is 1.